The van der Waals surface area contributed by atoms with Crippen molar-refractivity contribution in [3.05, 3.63) is 29.8 Å². The normalized spacial score (nSPS) is 12.9. The van der Waals surface area contributed by atoms with Gasteiger partial charge in [-0.2, -0.15) is 0 Å². The number of hydrogen-bond donors (Lipinski definition) is 1. The minimum Gasteiger partial charge on any atom is -0.494 e. The van der Waals surface area contributed by atoms with E-state index in [0.717, 1.165) is 11.3 Å². The van der Waals surface area contributed by atoms with E-state index in [4.69, 9.17) is 16.3 Å². The molecule has 0 aliphatic carbocycles. The fourth-order valence-electron chi connectivity index (χ4n) is 1.56. The van der Waals surface area contributed by atoms with Crippen LogP contribution in [0.4, 0.5) is 0 Å². The van der Waals surface area contributed by atoms with Gasteiger partial charge in [0.15, 0.2) is 0 Å². The van der Waals surface area contributed by atoms with Gasteiger partial charge in [0.2, 0.25) is 5.91 Å². The molecule has 3 nitrogen and oxygen atoms in total. The van der Waals surface area contributed by atoms with E-state index in [1.54, 1.807) is 0 Å². The van der Waals surface area contributed by atoms with Crippen LogP contribution in [-0.2, 0) is 4.79 Å². The second kappa shape index (κ2) is 6.80. The van der Waals surface area contributed by atoms with Crippen LogP contribution in [0.2, 0.25) is 0 Å². The summed E-state index contributed by atoms with van der Waals surface area (Å²) >= 11 is 5.80. The molecule has 1 aromatic rings. The highest BCUT2D eigenvalue weighted by Crippen LogP contribution is 2.21. The van der Waals surface area contributed by atoms with Crippen molar-refractivity contribution in [2.24, 2.45) is 5.41 Å². The average molecular weight is 284 g/mol. The van der Waals surface area contributed by atoms with Gasteiger partial charge in [0, 0.05) is 5.88 Å². The highest BCUT2D eigenvalue weighted by molar-refractivity contribution is 6.19. The number of carbonyl (C=O) groups excluding carboxylic acids is 1. The molecule has 0 radical (unpaired) electrons. The number of amides is 1. The molecule has 0 aromatic heterocycles. The van der Waals surface area contributed by atoms with Crippen molar-refractivity contribution in [3.63, 3.8) is 0 Å². The second-order valence-corrected chi connectivity index (χ2v) is 5.48. The predicted molar refractivity (Wildman–Crippen MR) is 78.7 cm³/mol. The van der Waals surface area contributed by atoms with Crippen LogP contribution < -0.4 is 10.1 Å². The number of carbonyl (C=O) groups is 1. The van der Waals surface area contributed by atoms with Crippen LogP contribution in [0.1, 0.15) is 39.3 Å². The predicted octanol–water partition coefficient (Wildman–Crippen LogP) is 3.53. The van der Waals surface area contributed by atoms with Crippen molar-refractivity contribution in [1.82, 2.24) is 5.32 Å². The molecule has 4 heteroatoms. The molecule has 0 saturated heterocycles. The molecule has 1 amide bonds. The molecular formula is C15H22ClNO2. The van der Waals surface area contributed by atoms with Crippen molar-refractivity contribution in [1.29, 1.82) is 0 Å². The maximum Gasteiger partial charge on any atom is 0.227 e. The second-order valence-electron chi connectivity index (χ2n) is 5.21. The molecule has 0 heterocycles. The molecule has 0 saturated carbocycles. The van der Waals surface area contributed by atoms with Crippen LogP contribution in [0, 0.1) is 5.41 Å². The highest BCUT2D eigenvalue weighted by Gasteiger charge is 2.27. The first-order valence-corrected chi connectivity index (χ1v) is 7.04. The zero-order chi connectivity index (χ0) is 14.5. The number of halogens is 1. The van der Waals surface area contributed by atoms with Gasteiger partial charge in [0.1, 0.15) is 5.75 Å². The molecule has 0 aliphatic heterocycles. The molecule has 106 valence electrons. The molecular weight excluding hydrogens is 262 g/mol. The Morgan fingerprint density at radius 2 is 1.95 bits per heavy atom. The van der Waals surface area contributed by atoms with E-state index in [-0.39, 0.29) is 11.9 Å². The standard InChI is InChI=1S/C15H22ClNO2/c1-5-19-13-8-6-12(7-9-13)11(2)17-14(18)15(3,4)10-16/h6-9,11H,5,10H2,1-4H3,(H,17,18). The largest absolute Gasteiger partial charge is 0.494 e. The lowest BCUT2D eigenvalue weighted by Gasteiger charge is -2.24. The maximum absolute atomic E-state index is 12.0. The summed E-state index contributed by atoms with van der Waals surface area (Å²) in [5.74, 6) is 1.10. The Bertz CT molecular complexity index is 415. The van der Waals surface area contributed by atoms with Gasteiger partial charge in [0.25, 0.3) is 0 Å². The summed E-state index contributed by atoms with van der Waals surface area (Å²) in [4.78, 5) is 12.0. The van der Waals surface area contributed by atoms with Crippen LogP contribution >= 0.6 is 11.6 Å². The van der Waals surface area contributed by atoms with Crippen LogP contribution in [-0.4, -0.2) is 18.4 Å². The van der Waals surface area contributed by atoms with E-state index in [9.17, 15) is 4.79 Å². The third-order valence-corrected chi connectivity index (χ3v) is 3.66. The van der Waals surface area contributed by atoms with Crippen molar-refractivity contribution in [2.75, 3.05) is 12.5 Å². The monoisotopic (exact) mass is 283 g/mol. The minimum absolute atomic E-state index is 0.0381. The molecule has 0 fully saturated rings. The van der Waals surface area contributed by atoms with Crippen LogP contribution in [0.15, 0.2) is 24.3 Å². The minimum atomic E-state index is -0.554. The SMILES string of the molecule is CCOc1ccc(C(C)NC(=O)C(C)(C)CCl)cc1. The van der Waals surface area contributed by atoms with E-state index in [2.05, 4.69) is 5.32 Å². The molecule has 1 N–H and O–H groups in total. The summed E-state index contributed by atoms with van der Waals surface area (Å²) in [6.45, 7) is 8.22. The summed E-state index contributed by atoms with van der Waals surface area (Å²) < 4.78 is 5.39. The van der Waals surface area contributed by atoms with Crippen LogP contribution in [0.25, 0.3) is 0 Å². The first-order valence-electron chi connectivity index (χ1n) is 6.50. The number of rotatable bonds is 6. The van der Waals surface area contributed by atoms with Gasteiger partial charge in [-0.1, -0.05) is 12.1 Å². The van der Waals surface area contributed by atoms with Gasteiger partial charge in [-0.15, -0.1) is 11.6 Å². The third-order valence-electron chi connectivity index (χ3n) is 2.99. The molecule has 1 rings (SSSR count). The van der Waals surface area contributed by atoms with Gasteiger partial charge >= 0.3 is 0 Å². The number of ether oxygens (including phenoxy) is 1. The Hall–Kier alpha value is -1.22. The van der Waals surface area contributed by atoms with Crippen LogP contribution in [0.5, 0.6) is 5.75 Å². The Kier molecular flexibility index (Phi) is 5.67. The Morgan fingerprint density at radius 3 is 2.42 bits per heavy atom. The average Bonchev–Trinajstić information content (AvgIpc) is 2.39. The maximum atomic E-state index is 12.0. The van der Waals surface area contributed by atoms with Gasteiger partial charge in [0.05, 0.1) is 18.1 Å². The van der Waals surface area contributed by atoms with Crippen molar-refractivity contribution >= 4 is 17.5 Å². The zero-order valence-electron chi connectivity index (χ0n) is 12.0. The summed E-state index contributed by atoms with van der Waals surface area (Å²) in [6.07, 6.45) is 0. The zero-order valence-corrected chi connectivity index (χ0v) is 12.8. The van der Waals surface area contributed by atoms with Crippen LogP contribution in [0.3, 0.4) is 0 Å². The molecule has 0 bridgehead atoms. The third kappa shape index (κ3) is 4.43. The number of alkyl halides is 1. The lowest BCUT2D eigenvalue weighted by atomic mass is 9.94. The Labute approximate surface area is 120 Å². The van der Waals surface area contributed by atoms with Crippen molar-refractivity contribution in [3.8, 4) is 5.75 Å². The Morgan fingerprint density at radius 1 is 1.37 bits per heavy atom. The lowest BCUT2D eigenvalue weighted by Crippen LogP contribution is -2.39. The number of benzene rings is 1. The van der Waals surface area contributed by atoms with E-state index in [1.165, 1.54) is 0 Å². The van der Waals surface area contributed by atoms with Gasteiger partial charge in [-0.05, 0) is 45.4 Å². The van der Waals surface area contributed by atoms with Crippen molar-refractivity contribution < 1.29 is 9.53 Å². The van der Waals surface area contributed by atoms with E-state index >= 15 is 0 Å². The quantitative estimate of drug-likeness (QED) is 0.811. The number of nitrogens with one attached hydrogen (secondary N) is 1. The number of hydrogen-bond acceptors (Lipinski definition) is 2. The summed E-state index contributed by atoms with van der Waals surface area (Å²) in [6, 6.07) is 7.70. The fraction of sp³-hybridized carbons (Fsp3) is 0.533. The summed E-state index contributed by atoms with van der Waals surface area (Å²) in [7, 11) is 0. The van der Waals surface area contributed by atoms with Gasteiger partial charge < -0.3 is 10.1 Å². The smallest absolute Gasteiger partial charge is 0.227 e. The molecule has 1 unspecified atom stereocenters. The van der Waals surface area contributed by atoms with Gasteiger partial charge in [-0.25, -0.2) is 0 Å². The fourth-order valence-corrected chi connectivity index (χ4v) is 1.68. The molecule has 1 aromatic carbocycles. The first-order chi connectivity index (χ1) is 8.90. The molecule has 0 spiro atoms. The Balaban J connectivity index is 2.68. The molecule has 19 heavy (non-hydrogen) atoms. The van der Waals surface area contributed by atoms with E-state index in [0.29, 0.717) is 12.5 Å². The highest BCUT2D eigenvalue weighted by atomic mass is 35.5. The first kappa shape index (κ1) is 15.8. The molecule has 0 aliphatic rings. The topological polar surface area (TPSA) is 38.3 Å². The van der Waals surface area contributed by atoms with E-state index in [1.807, 2.05) is 52.0 Å². The summed E-state index contributed by atoms with van der Waals surface area (Å²) in [5.41, 5.74) is 0.489. The lowest BCUT2D eigenvalue weighted by molar-refractivity contribution is -0.129. The summed E-state index contributed by atoms with van der Waals surface area (Å²) in [5, 5.41) is 2.97. The van der Waals surface area contributed by atoms with Crippen molar-refractivity contribution in [2.45, 2.75) is 33.7 Å². The molecule has 1 atom stereocenters. The van der Waals surface area contributed by atoms with E-state index < -0.39 is 5.41 Å². The van der Waals surface area contributed by atoms with Gasteiger partial charge in [-0.3, -0.25) is 4.79 Å².